The zero-order chi connectivity index (χ0) is 21.3. The SMILES string of the molecule is COc1ccc2nc(C(C#N)=Cc3cc(C)n(-c4ccccc4C#N)c3C)[nH]c2c1. The molecule has 0 radical (unpaired) electrons. The molecule has 146 valence electrons. The van der Waals surface area contributed by atoms with Crippen LogP contribution in [0.5, 0.6) is 5.75 Å². The number of methoxy groups -OCH3 is 1. The summed E-state index contributed by atoms with van der Waals surface area (Å²) < 4.78 is 7.28. The lowest BCUT2D eigenvalue weighted by atomic mass is 10.1. The van der Waals surface area contributed by atoms with Gasteiger partial charge in [0.2, 0.25) is 0 Å². The number of aryl methyl sites for hydroxylation is 1. The van der Waals surface area contributed by atoms with Gasteiger partial charge in [0.05, 0.1) is 35.0 Å². The van der Waals surface area contributed by atoms with Gasteiger partial charge in [0, 0.05) is 17.5 Å². The monoisotopic (exact) mass is 393 g/mol. The lowest BCUT2D eigenvalue weighted by Gasteiger charge is -2.11. The zero-order valence-electron chi connectivity index (χ0n) is 16.9. The number of hydrogen-bond acceptors (Lipinski definition) is 4. The third-order valence-electron chi connectivity index (χ3n) is 5.10. The summed E-state index contributed by atoms with van der Waals surface area (Å²) in [5.41, 5.74) is 6.24. The van der Waals surface area contributed by atoms with Crippen LogP contribution in [-0.4, -0.2) is 21.6 Å². The first-order valence-corrected chi connectivity index (χ1v) is 9.40. The van der Waals surface area contributed by atoms with Gasteiger partial charge >= 0.3 is 0 Å². The van der Waals surface area contributed by atoms with Crippen molar-refractivity contribution in [2.24, 2.45) is 0 Å². The Bertz CT molecular complexity index is 1380. The fourth-order valence-corrected chi connectivity index (χ4v) is 3.62. The Morgan fingerprint density at radius 3 is 2.67 bits per heavy atom. The first-order valence-electron chi connectivity index (χ1n) is 9.40. The van der Waals surface area contributed by atoms with Crippen molar-refractivity contribution in [2.75, 3.05) is 7.11 Å². The number of nitrogens with one attached hydrogen (secondary N) is 1. The number of rotatable bonds is 4. The summed E-state index contributed by atoms with van der Waals surface area (Å²) in [6.07, 6.45) is 1.82. The molecule has 30 heavy (non-hydrogen) atoms. The van der Waals surface area contributed by atoms with Gasteiger partial charge in [-0.25, -0.2) is 4.98 Å². The van der Waals surface area contributed by atoms with Crippen molar-refractivity contribution in [1.29, 1.82) is 10.5 Å². The summed E-state index contributed by atoms with van der Waals surface area (Å²) in [5.74, 6) is 1.22. The average Bonchev–Trinajstić information content (AvgIpc) is 3.31. The molecule has 2 heterocycles. The molecule has 2 aromatic carbocycles. The molecule has 2 aromatic heterocycles. The van der Waals surface area contributed by atoms with Crippen molar-refractivity contribution in [3.05, 3.63) is 76.9 Å². The maximum atomic E-state index is 9.78. The van der Waals surface area contributed by atoms with E-state index in [9.17, 15) is 10.5 Å². The number of para-hydroxylation sites is 1. The van der Waals surface area contributed by atoms with Crippen molar-refractivity contribution >= 4 is 22.7 Å². The Morgan fingerprint density at radius 1 is 1.13 bits per heavy atom. The van der Waals surface area contributed by atoms with Crippen LogP contribution < -0.4 is 4.74 Å². The van der Waals surface area contributed by atoms with E-state index in [1.165, 1.54) is 0 Å². The maximum absolute atomic E-state index is 9.78. The van der Waals surface area contributed by atoms with E-state index in [0.29, 0.717) is 17.0 Å². The van der Waals surface area contributed by atoms with Crippen LogP contribution in [0.25, 0.3) is 28.4 Å². The first-order chi connectivity index (χ1) is 14.5. The van der Waals surface area contributed by atoms with Gasteiger partial charge < -0.3 is 14.3 Å². The molecular formula is C24H19N5O. The fourth-order valence-electron chi connectivity index (χ4n) is 3.62. The summed E-state index contributed by atoms with van der Waals surface area (Å²) in [4.78, 5) is 7.75. The van der Waals surface area contributed by atoms with E-state index in [2.05, 4.69) is 22.1 Å². The highest BCUT2D eigenvalue weighted by Gasteiger charge is 2.15. The van der Waals surface area contributed by atoms with E-state index in [4.69, 9.17) is 4.74 Å². The smallest absolute Gasteiger partial charge is 0.149 e. The van der Waals surface area contributed by atoms with E-state index in [1.54, 1.807) is 13.2 Å². The highest BCUT2D eigenvalue weighted by atomic mass is 16.5. The summed E-state index contributed by atoms with van der Waals surface area (Å²) >= 11 is 0. The molecule has 0 atom stereocenters. The maximum Gasteiger partial charge on any atom is 0.149 e. The van der Waals surface area contributed by atoms with Crippen LogP contribution in [0.1, 0.15) is 28.3 Å². The van der Waals surface area contributed by atoms with Crippen LogP contribution >= 0.6 is 0 Å². The number of allylic oxidation sites excluding steroid dienone is 1. The summed E-state index contributed by atoms with van der Waals surface area (Å²) in [6, 6.07) is 19.5. The van der Waals surface area contributed by atoms with Crippen LogP contribution in [-0.2, 0) is 0 Å². The minimum absolute atomic E-state index is 0.430. The topological polar surface area (TPSA) is 90.4 Å². The lowest BCUT2D eigenvalue weighted by molar-refractivity contribution is 0.415. The van der Waals surface area contributed by atoms with Gasteiger partial charge in [0.15, 0.2) is 0 Å². The Hall–Kier alpha value is -4.29. The number of nitrogens with zero attached hydrogens (tertiary/aromatic N) is 4. The number of fused-ring (bicyclic) bond motifs is 1. The van der Waals surface area contributed by atoms with E-state index < -0.39 is 0 Å². The standard InChI is InChI=1S/C24H19N5O/c1-15-10-18(16(2)29(15)23-7-5-4-6-17(23)13-25)11-19(14-26)24-27-21-9-8-20(30-3)12-22(21)28-24/h4-12H,1-3H3,(H,27,28). The Balaban J connectivity index is 1.81. The van der Waals surface area contributed by atoms with Gasteiger partial charge in [-0.2, -0.15) is 10.5 Å². The Kier molecular flexibility index (Phi) is 4.83. The lowest BCUT2D eigenvalue weighted by Crippen LogP contribution is -2.01. The summed E-state index contributed by atoms with van der Waals surface area (Å²) in [6.45, 7) is 3.96. The second kappa shape index (κ2) is 7.62. The number of hydrogen-bond donors (Lipinski definition) is 1. The number of imidazole rings is 1. The molecule has 0 amide bonds. The summed E-state index contributed by atoms with van der Waals surface area (Å²) in [7, 11) is 1.61. The summed E-state index contributed by atoms with van der Waals surface area (Å²) in [5, 5.41) is 19.2. The molecule has 4 aromatic rings. The number of ether oxygens (including phenoxy) is 1. The predicted molar refractivity (Wildman–Crippen MR) is 116 cm³/mol. The van der Waals surface area contributed by atoms with Gasteiger partial charge in [-0.1, -0.05) is 12.1 Å². The third kappa shape index (κ3) is 3.21. The van der Waals surface area contributed by atoms with Crippen molar-refractivity contribution in [1.82, 2.24) is 14.5 Å². The quantitative estimate of drug-likeness (QED) is 0.499. The fraction of sp³-hybridized carbons (Fsp3) is 0.125. The van der Waals surface area contributed by atoms with Crippen LogP contribution in [0.3, 0.4) is 0 Å². The van der Waals surface area contributed by atoms with Crippen molar-refractivity contribution < 1.29 is 4.74 Å². The number of nitriles is 2. The van der Waals surface area contributed by atoms with E-state index >= 15 is 0 Å². The van der Waals surface area contributed by atoms with E-state index in [-0.39, 0.29) is 0 Å². The van der Waals surface area contributed by atoms with Crippen molar-refractivity contribution in [3.63, 3.8) is 0 Å². The minimum atomic E-state index is 0.430. The molecule has 0 aliphatic carbocycles. The highest BCUT2D eigenvalue weighted by molar-refractivity contribution is 5.91. The molecule has 0 unspecified atom stereocenters. The second-order valence-corrected chi connectivity index (χ2v) is 6.93. The number of aromatic amines is 1. The second-order valence-electron chi connectivity index (χ2n) is 6.93. The molecule has 1 N–H and O–H groups in total. The predicted octanol–water partition coefficient (Wildman–Crippen LogP) is 4.91. The van der Waals surface area contributed by atoms with Gasteiger partial charge in [-0.15, -0.1) is 0 Å². The molecule has 0 fully saturated rings. The largest absolute Gasteiger partial charge is 0.497 e. The van der Waals surface area contributed by atoms with Crippen LogP contribution in [0.15, 0.2) is 48.5 Å². The first kappa shape index (κ1) is 19.0. The molecule has 6 nitrogen and oxygen atoms in total. The van der Waals surface area contributed by atoms with E-state index in [0.717, 1.165) is 39.4 Å². The zero-order valence-corrected chi connectivity index (χ0v) is 16.9. The number of H-pyrrole nitrogens is 1. The molecule has 0 bridgehead atoms. The molecule has 0 saturated carbocycles. The van der Waals surface area contributed by atoms with E-state index in [1.807, 2.05) is 67.0 Å². The van der Waals surface area contributed by atoms with Gasteiger partial charge in [-0.3, -0.25) is 0 Å². The molecule has 0 saturated heterocycles. The Morgan fingerprint density at radius 2 is 1.93 bits per heavy atom. The molecule has 0 aliphatic rings. The Labute approximate surface area is 174 Å². The normalized spacial score (nSPS) is 11.3. The molecular weight excluding hydrogens is 374 g/mol. The van der Waals surface area contributed by atoms with Gasteiger partial charge in [0.25, 0.3) is 0 Å². The average molecular weight is 393 g/mol. The third-order valence-corrected chi connectivity index (χ3v) is 5.10. The van der Waals surface area contributed by atoms with Crippen molar-refractivity contribution in [2.45, 2.75) is 13.8 Å². The number of benzene rings is 2. The van der Waals surface area contributed by atoms with Gasteiger partial charge in [-0.05, 0) is 55.8 Å². The minimum Gasteiger partial charge on any atom is -0.497 e. The van der Waals surface area contributed by atoms with Gasteiger partial charge in [0.1, 0.15) is 23.7 Å². The molecule has 4 rings (SSSR count). The van der Waals surface area contributed by atoms with Crippen molar-refractivity contribution in [3.8, 4) is 23.6 Å². The molecule has 0 spiro atoms. The van der Waals surface area contributed by atoms with Crippen LogP contribution in [0, 0.1) is 36.5 Å². The van der Waals surface area contributed by atoms with Crippen LogP contribution in [0.2, 0.25) is 0 Å². The highest BCUT2D eigenvalue weighted by Crippen LogP contribution is 2.27. The van der Waals surface area contributed by atoms with Crippen LogP contribution in [0.4, 0.5) is 0 Å². The molecule has 6 heteroatoms. The number of aromatic nitrogens is 3. The molecule has 0 aliphatic heterocycles.